The van der Waals surface area contributed by atoms with Crippen molar-refractivity contribution >= 4 is 5.82 Å². The molecule has 1 aliphatic rings. The first-order valence-corrected chi connectivity index (χ1v) is 7.13. The lowest BCUT2D eigenvalue weighted by Crippen LogP contribution is -2.06. The molecule has 0 aliphatic heterocycles. The van der Waals surface area contributed by atoms with Crippen molar-refractivity contribution in [1.82, 2.24) is 19.3 Å². The Morgan fingerprint density at radius 3 is 2.74 bits per heavy atom. The third-order valence-electron chi connectivity index (χ3n) is 3.66. The van der Waals surface area contributed by atoms with Crippen LogP contribution >= 0.6 is 0 Å². The summed E-state index contributed by atoms with van der Waals surface area (Å²) in [6.45, 7) is 6.06. The highest BCUT2D eigenvalue weighted by Crippen LogP contribution is 2.42. The highest BCUT2D eigenvalue weighted by atomic mass is 15.3. The zero-order valence-corrected chi connectivity index (χ0v) is 11.6. The fraction of sp³-hybridized carbons (Fsp3) is 0.571. The molecule has 0 spiro atoms. The maximum absolute atomic E-state index is 6.30. The minimum Gasteiger partial charge on any atom is -0.383 e. The SMILES string of the molecule is CCCn1c(C2CC2)nc(-c2cnn(CC)c2)c1N. The maximum Gasteiger partial charge on any atom is 0.131 e. The summed E-state index contributed by atoms with van der Waals surface area (Å²) in [7, 11) is 0. The Hall–Kier alpha value is -1.78. The molecule has 0 radical (unpaired) electrons. The summed E-state index contributed by atoms with van der Waals surface area (Å²) in [4.78, 5) is 4.79. The second-order valence-corrected chi connectivity index (χ2v) is 5.21. The van der Waals surface area contributed by atoms with Crippen molar-refractivity contribution in [3.63, 3.8) is 0 Å². The van der Waals surface area contributed by atoms with Crippen molar-refractivity contribution in [3.8, 4) is 11.3 Å². The van der Waals surface area contributed by atoms with Gasteiger partial charge in [0.2, 0.25) is 0 Å². The second kappa shape index (κ2) is 4.72. The lowest BCUT2D eigenvalue weighted by Gasteiger charge is -2.06. The molecule has 19 heavy (non-hydrogen) atoms. The van der Waals surface area contributed by atoms with Crippen LogP contribution < -0.4 is 5.73 Å². The van der Waals surface area contributed by atoms with Gasteiger partial charge in [-0.25, -0.2) is 4.98 Å². The number of aryl methyl sites for hydroxylation is 1. The van der Waals surface area contributed by atoms with Gasteiger partial charge < -0.3 is 10.3 Å². The first-order chi connectivity index (χ1) is 9.24. The van der Waals surface area contributed by atoms with Crippen LogP contribution in [-0.2, 0) is 13.1 Å². The molecule has 5 nitrogen and oxygen atoms in total. The number of anilines is 1. The van der Waals surface area contributed by atoms with Crippen LogP contribution in [0.15, 0.2) is 12.4 Å². The summed E-state index contributed by atoms with van der Waals surface area (Å²) in [6, 6.07) is 0. The zero-order chi connectivity index (χ0) is 13.4. The molecule has 1 fully saturated rings. The normalized spacial score (nSPS) is 15.1. The van der Waals surface area contributed by atoms with Crippen molar-refractivity contribution in [2.45, 2.75) is 52.1 Å². The second-order valence-electron chi connectivity index (χ2n) is 5.21. The Kier molecular flexibility index (Phi) is 3.05. The lowest BCUT2D eigenvalue weighted by atomic mass is 10.2. The third-order valence-corrected chi connectivity index (χ3v) is 3.66. The van der Waals surface area contributed by atoms with Gasteiger partial charge in [0.15, 0.2) is 0 Å². The van der Waals surface area contributed by atoms with E-state index in [0.29, 0.717) is 5.92 Å². The van der Waals surface area contributed by atoms with Gasteiger partial charge in [0, 0.05) is 30.8 Å². The third kappa shape index (κ3) is 2.13. The van der Waals surface area contributed by atoms with E-state index in [1.54, 1.807) is 0 Å². The Bertz CT molecular complexity index is 577. The number of aromatic nitrogens is 4. The van der Waals surface area contributed by atoms with Gasteiger partial charge in [-0.3, -0.25) is 4.68 Å². The van der Waals surface area contributed by atoms with E-state index in [1.165, 1.54) is 18.7 Å². The first-order valence-electron chi connectivity index (χ1n) is 7.13. The monoisotopic (exact) mass is 259 g/mol. The summed E-state index contributed by atoms with van der Waals surface area (Å²) in [6.07, 6.45) is 7.44. The number of imidazole rings is 1. The highest BCUT2D eigenvalue weighted by Gasteiger charge is 2.30. The molecule has 5 heteroatoms. The van der Waals surface area contributed by atoms with Crippen molar-refractivity contribution < 1.29 is 0 Å². The van der Waals surface area contributed by atoms with E-state index < -0.39 is 0 Å². The number of hydrogen-bond acceptors (Lipinski definition) is 3. The average Bonchev–Trinajstić information content (AvgIpc) is 3.06. The Balaban J connectivity index is 2.03. The van der Waals surface area contributed by atoms with E-state index in [4.69, 9.17) is 10.7 Å². The van der Waals surface area contributed by atoms with Crippen LogP contribution in [0.25, 0.3) is 11.3 Å². The van der Waals surface area contributed by atoms with Crippen LogP contribution in [0.5, 0.6) is 0 Å². The first kappa shape index (κ1) is 12.3. The molecule has 2 aromatic rings. The lowest BCUT2D eigenvalue weighted by molar-refractivity contribution is 0.646. The molecule has 0 aromatic carbocycles. The zero-order valence-electron chi connectivity index (χ0n) is 11.6. The maximum atomic E-state index is 6.30. The summed E-state index contributed by atoms with van der Waals surface area (Å²) >= 11 is 0. The fourth-order valence-corrected chi connectivity index (χ4v) is 2.47. The molecule has 0 saturated heterocycles. The van der Waals surface area contributed by atoms with Crippen molar-refractivity contribution in [1.29, 1.82) is 0 Å². The van der Waals surface area contributed by atoms with Gasteiger partial charge in [-0.15, -0.1) is 0 Å². The predicted molar refractivity (Wildman–Crippen MR) is 75.8 cm³/mol. The molecular formula is C14H21N5. The van der Waals surface area contributed by atoms with Gasteiger partial charge >= 0.3 is 0 Å². The van der Waals surface area contributed by atoms with Crippen LogP contribution in [0.1, 0.15) is 44.9 Å². The molecule has 2 N–H and O–H groups in total. The van der Waals surface area contributed by atoms with Crippen LogP contribution in [0.2, 0.25) is 0 Å². The number of nitrogen functional groups attached to an aromatic ring is 1. The molecule has 0 amide bonds. The molecule has 0 bridgehead atoms. The van der Waals surface area contributed by atoms with Gasteiger partial charge in [0.25, 0.3) is 0 Å². The quantitative estimate of drug-likeness (QED) is 0.897. The van der Waals surface area contributed by atoms with Crippen LogP contribution in [0.4, 0.5) is 5.82 Å². The van der Waals surface area contributed by atoms with Crippen LogP contribution in [0, 0.1) is 0 Å². The summed E-state index contributed by atoms with van der Waals surface area (Å²) in [5.74, 6) is 2.57. The van der Waals surface area contributed by atoms with Gasteiger partial charge in [-0.1, -0.05) is 6.92 Å². The minimum absolute atomic E-state index is 0.615. The van der Waals surface area contributed by atoms with E-state index in [1.807, 2.05) is 17.1 Å². The predicted octanol–water partition coefficient (Wildman–Crippen LogP) is 2.64. The van der Waals surface area contributed by atoms with E-state index in [2.05, 4.69) is 23.5 Å². The highest BCUT2D eigenvalue weighted by molar-refractivity contribution is 5.70. The van der Waals surface area contributed by atoms with Crippen LogP contribution in [-0.4, -0.2) is 19.3 Å². The molecule has 2 aromatic heterocycles. The number of rotatable bonds is 5. The van der Waals surface area contributed by atoms with Crippen molar-refractivity contribution in [2.75, 3.05) is 5.73 Å². The fourth-order valence-electron chi connectivity index (χ4n) is 2.47. The Labute approximate surface area is 113 Å². The molecule has 102 valence electrons. The van der Waals surface area contributed by atoms with E-state index in [-0.39, 0.29) is 0 Å². The standard InChI is InChI=1S/C14H21N5/c1-3-7-19-13(15)12(17-14(19)10-5-6-10)11-8-16-18(4-2)9-11/h8-10H,3-7,15H2,1-2H3. The summed E-state index contributed by atoms with van der Waals surface area (Å²) in [5.41, 5.74) is 8.22. The molecule has 1 saturated carbocycles. The molecule has 0 atom stereocenters. The van der Waals surface area contributed by atoms with E-state index in [9.17, 15) is 0 Å². The van der Waals surface area contributed by atoms with Crippen molar-refractivity contribution in [3.05, 3.63) is 18.2 Å². The molecule has 0 unspecified atom stereocenters. The van der Waals surface area contributed by atoms with Gasteiger partial charge in [0.05, 0.1) is 6.20 Å². The van der Waals surface area contributed by atoms with E-state index in [0.717, 1.165) is 36.6 Å². The van der Waals surface area contributed by atoms with Crippen molar-refractivity contribution in [2.24, 2.45) is 0 Å². The van der Waals surface area contributed by atoms with E-state index >= 15 is 0 Å². The summed E-state index contributed by atoms with van der Waals surface area (Å²) in [5, 5.41) is 4.31. The Morgan fingerprint density at radius 2 is 2.16 bits per heavy atom. The minimum atomic E-state index is 0.615. The Morgan fingerprint density at radius 1 is 1.37 bits per heavy atom. The summed E-state index contributed by atoms with van der Waals surface area (Å²) < 4.78 is 4.10. The average molecular weight is 259 g/mol. The van der Waals surface area contributed by atoms with Crippen LogP contribution in [0.3, 0.4) is 0 Å². The number of hydrogen-bond donors (Lipinski definition) is 1. The molecule has 1 aliphatic carbocycles. The number of nitrogens with zero attached hydrogens (tertiary/aromatic N) is 4. The van der Waals surface area contributed by atoms with Gasteiger partial charge in [-0.2, -0.15) is 5.10 Å². The molecular weight excluding hydrogens is 238 g/mol. The molecule has 3 rings (SSSR count). The van der Waals surface area contributed by atoms with Gasteiger partial charge in [0.1, 0.15) is 17.3 Å². The smallest absolute Gasteiger partial charge is 0.131 e. The molecule has 2 heterocycles. The topological polar surface area (TPSA) is 61.7 Å². The number of nitrogens with two attached hydrogens (primary N) is 1. The largest absolute Gasteiger partial charge is 0.383 e. The van der Waals surface area contributed by atoms with Gasteiger partial charge in [-0.05, 0) is 26.2 Å².